The zero-order valence-electron chi connectivity index (χ0n) is 10.7. The Balaban J connectivity index is 2.20. The number of hydrogen-bond acceptors (Lipinski definition) is 4. The van der Waals surface area contributed by atoms with Crippen molar-refractivity contribution < 1.29 is 8.42 Å². The van der Waals surface area contributed by atoms with E-state index < -0.39 is 10.0 Å². The molecule has 0 bridgehead atoms. The Morgan fingerprint density at radius 3 is 2.33 bits per heavy atom. The third-order valence-electron chi connectivity index (χ3n) is 3.10. The number of piperazine rings is 1. The molecule has 0 aliphatic carbocycles. The first-order valence-corrected chi connectivity index (χ1v) is 7.42. The highest BCUT2D eigenvalue weighted by Gasteiger charge is 2.18. The molecule has 1 atom stereocenters. The lowest BCUT2D eigenvalue weighted by molar-refractivity contribution is 0.430. The maximum atomic E-state index is 11.9. The SMILES string of the molecule is CN(C)S(=O)(=O)c1ccc(C2CNCCN2)cc1. The third-order valence-corrected chi connectivity index (χ3v) is 4.93. The Morgan fingerprint density at radius 2 is 1.83 bits per heavy atom. The molecule has 100 valence electrons. The van der Waals surface area contributed by atoms with Gasteiger partial charge in [-0.3, -0.25) is 0 Å². The van der Waals surface area contributed by atoms with Gasteiger partial charge < -0.3 is 10.6 Å². The summed E-state index contributed by atoms with van der Waals surface area (Å²) in [6.07, 6.45) is 0. The minimum Gasteiger partial charge on any atom is -0.314 e. The van der Waals surface area contributed by atoms with Crippen molar-refractivity contribution in [3.63, 3.8) is 0 Å². The summed E-state index contributed by atoms with van der Waals surface area (Å²) >= 11 is 0. The zero-order chi connectivity index (χ0) is 13.2. The first kappa shape index (κ1) is 13.5. The lowest BCUT2D eigenvalue weighted by Gasteiger charge is -2.25. The predicted octanol–water partition coefficient (Wildman–Crippen LogP) is 0.171. The second-order valence-corrected chi connectivity index (χ2v) is 6.72. The predicted molar refractivity (Wildman–Crippen MR) is 70.9 cm³/mol. The average Bonchev–Trinajstić information content (AvgIpc) is 2.40. The molecule has 5 nitrogen and oxygen atoms in total. The molecule has 1 unspecified atom stereocenters. The summed E-state index contributed by atoms with van der Waals surface area (Å²) < 4.78 is 25.1. The molecule has 1 aliphatic heterocycles. The molecule has 2 N–H and O–H groups in total. The molecule has 0 amide bonds. The van der Waals surface area contributed by atoms with Gasteiger partial charge in [-0.15, -0.1) is 0 Å². The van der Waals surface area contributed by atoms with Crippen LogP contribution < -0.4 is 10.6 Å². The summed E-state index contributed by atoms with van der Waals surface area (Å²) in [6, 6.07) is 7.35. The fourth-order valence-corrected chi connectivity index (χ4v) is 2.87. The largest absolute Gasteiger partial charge is 0.314 e. The van der Waals surface area contributed by atoms with Crippen LogP contribution in [0, 0.1) is 0 Å². The number of hydrogen-bond donors (Lipinski definition) is 2. The van der Waals surface area contributed by atoms with E-state index in [1.807, 2.05) is 12.1 Å². The van der Waals surface area contributed by atoms with Gasteiger partial charge in [-0.05, 0) is 17.7 Å². The van der Waals surface area contributed by atoms with E-state index in [0.717, 1.165) is 25.2 Å². The summed E-state index contributed by atoms with van der Waals surface area (Å²) in [4.78, 5) is 0.333. The van der Waals surface area contributed by atoms with Gasteiger partial charge in [-0.2, -0.15) is 0 Å². The lowest BCUT2D eigenvalue weighted by Crippen LogP contribution is -2.42. The molecule has 18 heavy (non-hydrogen) atoms. The Hall–Kier alpha value is -0.950. The normalized spacial score (nSPS) is 21.2. The molecule has 0 spiro atoms. The van der Waals surface area contributed by atoms with E-state index >= 15 is 0 Å². The maximum Gasteiger partial charge on any atom is 0.242 e. The van der Waals surface area contributed by atoms with E-state index in [4.69, 9.17) is 0 Å². The van der Waals surface area contributed by atoms with E-state index in [1.54, 1.807) is 12.1 Å². The van der Waals surface area contributed by atoms with Crippen LogP contribution >= 0.6 is 0 Å². The van der Waals surface area contributed by atoms with Gasteiger partial charge in [0.05, 0.1) is 4.90 Å². The van der Waals surface area contributed by atoms with Crippen molar-refractivity contribution >= 4 is 10.0 Å². The van der Waals surface area contributed by atoms with E-state index in [0.29, 0.717) is 4.90 Å². The Morgan fingerprint density at radius 1 is 1.17 bits per heavy atom. The molecule has 0 radical (unpaired) electrons. The summed E-state index contributed by atoms with van der Waals surface area (Å²) in [7, 11) is -0.252. The second kappa shape index (κ2) is 5.36. The van der Waals surface area contributed by atoms with Crippen molar-refractivity contribution in [3.8, 4) is 0 Å². The van der Waals surface area contributed by atoms with Crippen LogP contribution in [0.1, 0.15) is 11.6 Å². The van der Waals surface area contributed by atoms with E-state index in [1.165, 1.54) is 18.4 Å². The lowest BCUT2D eigenvalue weighted by atomic mass is 10.1. The Bertz CT molecular complexity index is 491. The molecule has 1 aliphatic rings. The molecular formula is C12H19N3O2S. The van der Waals surface area contributed by atoms with Crippen LogP contribution in [0.4, 0.5) is 0 Å². The van der Waals surface area contributed by atoms with Crippen molar-refractivity contribution in [3.05, 3.63) is 29.8 Å². The van der Waals surface area contributed by atoms with Crippen LogP contribution in [0.15, 0.2) is 29.2 Å². The van der Waals surface area contributed by atoms with Crippen LogP contribution in [-0.2, 0) is 10.0 Å². The maximum absolute atomic E-state index is 11.9. The zero-order valence-corrected chi connectivity index (χ0v) is 11.5. The highest BCUT2D eigenvalue weighted by Crippen LogP contribution is 2.18. The van der Waals surface area contributed by atoms with Gasteiger partial charge in [-0.25, -0.2) is 12.7 Å². The van der Waals surface area contributed by atoms with E-state index in [-0.39, 0.29) is 6.04 Å². The molecule has 6 heteroatoms. The molecule has 2 rings (SSSR count). The second-order valence-electron chi connectivity index (χ2n) is 4.57. The number of benzene rings is 1. The van der Waals surface area contributed by atoms with Crippen LogP contribution in [0.2, 0.25) is 0 Å². The third kappa shape index (κ3) is 2.72. The average molecular weight is 269 g/mol. The molecule has 0 aromatic heterocycles. The Labute approximate surface area is 108 Å². The van der Waals surface area contributed by atoms with Crippen molar-refractivity contribution in [1.82, 2.24) is 14.9 Å². The molecular weight excluding hydrogens is 250 g/mol. The van der Waals surface area contributed by atoms with Crippen LogP contribution in [0.5, 0.6) is 0 Å². The van der Waals surface area contributed by atoms with Gasteiger partial charge in [0, 0.05) is 39.8 Å². The van der Waals surface area contributed by atoms with Crippen molar-refractivity contribution in [2.75, 3.05) is 33.7 Å². The fraction of sp³-hybridized carbons (Fsp3) is 0.500. The van der Waals surface area contributed by atoms with Crippen molar-refractivity contribution in [1.29, 1.82) is 0 Å². The van der Waals surface area contributed by atoms with Crippen LogP contribution in [-0.4, -0.2) is 46.5 Å². The number of sulfonamides is 1. The van der Waals surface area contributed by atoms with Gasteiger partial charge in [0.2, 0.25) is 10.0 Å². The van der Waals surface area contributed by atoms with E-state index in [9.17, 15) is 8.42 Å². The van der Waals surface area contributed by atoms with Crippen molar-refractivity contribution in [2.24, 2.45) is 0 Å². The molecule has 1 aromatic rings. The summed E-state index contributed by atoms with van der Waals surface area (Å²) in [5, 5.41) is 6.70. The minimum absolute atomic E-state index is 0.259. The molecule has 1 heterocycles. The number of rotatable bonds is 3. The summed E-state index contributed by atoms with van der Waals surface area (Å²) in [5.41, 5.74) is 1.11. The van der Waals surface area contributed by atoms with Gasteiger partial charge in [0.1, 0.15) is 0 Å². The van der Waals surface area contributed by atoms with Crippen LogP contribution in [0.3, 0.4) is 0 Å². The Kier molecular flexibility index (Phi) is 4.01. The van der Waals surface area contributed by atoms with Gasteiger partial charge >= 0.3 is 0 Å². The van der Waals surface area contributed by atoms with Gasteiger partial charge in [0.15, 0.2) is 0 Å². The molecule has 1 saturated heterocycles. The first-order valence-electron chi connectivity index (χ1n) is 5.98. The van der Waals surface area contributed by atoms with Crippen molar-refractivity contribution in [2.45, 2.75) is 10.9 Å². The highest BCUT2D eigenvalue weighted by molar-refractivity contribution is 7.89. The van der Waals surface area contributed by atoms with Gasteiger partial charge in [0.25, 0.3) is 0 Å². The molecule has 0 saturated carbocycles. The monoisotopic (exact) mass is 269 g/mol. The quantitative estimate of drug-likeness (QED) is 0.821. The standard InChI is InChI=1S/C12H19N3O2S/c1-15(2)18(16,17)11-5-3-10(4-6-11)12-9-13-7-8-14-12/h3-6,12-14H,7-9H2,1-2H3. The summed E-state index contributed by atoms with van der Waals surface area (Å²) in [6.45, 7) is 2.78. The summed E-state index contributed by atoms with van der Waals surface area (Å²) in [5.74, 6) is 0. The van der Waals surface area contributed by atoms with E-state index in [2.05, 4.69) is 10.6 Å². The molecule has 1 fully saturated rings. The highest BCUT2D eigenvalue weighted by atomic mass is 32.2. The number of nitrogens with one attached hydrogen (secondary N) is 2. The first-order chi connectivity index (χ1) is 8.51. The van der Waals surface area contributed by atoms with Gasteiger partial charge in [-0.1, -0.05) is 12.1 Å². The van der Waals surface area contributed by atoms with Crippen LogP contribution in [0.25, 0.3) is 0 Å². The topological polar surface area (TPSA) is 61.4 Å². The minimum atomic E-state index is -3.33. The fourth-order valence-electron chi connectivity index (χ4n) is 1.97. The smallest absolute Gasteiger partial charge is 0.242 e. The number of nitrogens with zero attached hydrogens (tertiary/aromatic N) is 1. The molecule has 1 aromatic carbocycles.